The fraction of sp³-hybridized carbons (Fsp3) is 0.0909. The van der Waals surface area contributed by atoms with Crippen molar-refractivity contribution in [3.63, 3.8) is 0 Å². The van der Waals surface area contributed by atoms with Crippen LogP contribution in [0.5, 0.6) is 0 Å². The van der Waals surface area contributed by atoms with E-state index in [9.17, 15) is 13.6 Å². The molecule has 0 atom stereocenters. The summed E-state index contributed by atoms with van der Waals surface area (Å²) in [5.41, 5.74) is -0.304. The molecule has 0 bridgehead atoms. The second-order valence-electron chi connectivity index (χ2n) is 3.27. The van der Waals surface area contributed by atoms with Crippen LogP contribution in [0.2, 0.25) is 5.02 Å². The molecule has 1 aromatic carbocycles. The highest BCUT2D eigenvalue weighted by Gasteiger charge is 2.16. The van der Waals surface area contributed by atoms with Crippen LogP contribution < -0.4 is 0 Å². The lowest BCUT2D eigenvalue weighted by Crippen LogP contribution is -2.06. The van der Waals surface area contributed by atoms with Gasteiger partial charge in [0.25, 0.3) is 0 Å². The summed E-state index contributed by atoms with van der Waals surface area (Å²) in [5.74, 6) is -2.15. The second-order valence-corrected chi connectivity index (χ2v) is 4.66. The number of aromatic nitrogens is 1. The number of hydrogen-bond donors (Lipinski definition) is 0. The fourth-order valence-electron chi connectivity index (χ4n) is 1.31. The molecule has 0 aliphatic carbocycles. The van der Waals surface area contributed by atoms with Gasteiger partial charge in [-0.15, -0.1) is 11.3 Å². The molecule has 1 heterocycles. The van der Waals surface area contributed by atoms with Crippen molar-refractivity contribution < 1.29 is 13.6 Å². The maximum atomic E-state index is 13.4. The number of Topliss-reactive ketones (excluding diaryl/α,β-unsaturated/α-hetero) is 1. The molecule has 0 radical (unpaired) electrons. The number of carbonyl (C=O) groups is 1. The van der Waals surface area contributed by atoms with Gasteiger partial charge in [-0.1, -0.05) is 11.6 Å². The summed E-state index contributed by atoms with van der Waals surface area (Å²) in [6.07, 6.45) is 1.50. The predicted molar refractivity (Wildman–Crippen MR) is 61.5 cm³/mol. The van der Waals surface area contributed by atoms with E-state index in [0.29, 0.717) is 5.01 Å². The van der Waals surface area contributed by atoms with Crippen molar-refractivity contribution in [2.24, 2.45) is 0 Å². The number of ketones is 1. The topological polar surface area (TPSA) is 30.0 Å². The van der Waals surface area contributed by atoms with Gasteiger partial charge in [0.1, 0.15) is 16.6 Å². The minimum Gasteiger partial charge on any atom is -0.294 e. The van der Waals surface area contributed by atoms with E-state index in [4.69, 9.17) is 11.6 Å². The van der Waals surface area contributed by atoms with Gasteiger partial charge in [-0.2, -0.15) is 0 Å². The Morgan fingerprint density at radius 2 is 2.12 bits per heavy atom. The molecule has 6 heteroatoms. The van der Waals surface area contributed by atoms with E-state index < -0.39 is 17.4 Å². The average molecular weight is 274 g/mol. The minimum atomic E-state index is -0.821. The molecule has 1 aromatic heterocycles. The summed E-state index contributed by atoms with van der Waals surface area (Å²) in [4.78, 5) is 15.6. The van der Waals surface area contributed by atoms with Gasteiger partial charge in [-0.05, 0) is 12.1 Å². The minimum absolute atomic E-state index is 0.0460. The zero-order valence-corrected chi connectivity index (χ0v) is 9.99. The van der Waals surface area contributed by atoms with Crippen LogP contribution in [0.15, 0.2) is 23.7 Å². The first-order chi connectivity index (χ1) is 8.08. The molecule has 0 unspecified atom stereocenters. The normalized spacial score (nSPS) is 10.5. The first-order valence-corrected chi connectivity index (χ1v) is 5.90. The lowest BCUT2D eigenvalue weighted by Gasteiger charge is -2.02. The molecule has 2 aromatic rings. The Balaban J connectivity index is 2.28. The smallest absolute Gasteiger partial charge is 0.172 e. The van der Waals surface area contributed by atoms with E-state index in [2.05, 4.69) is 4.98 Å². The van der Waals surface area contributed by atoms with E-state index in [0.717, 1.165) is 12.1 Å². The Bertz CT molecular complexity index is 557. The zero-order chi connectivity index (χ0) is 12.4. The Kier molecular flexibility index (Phi) is 3.49. The molecule has 88 valence electrons. The summed E-state index contributed by atoms with van der Waals surface area (Å²) in [5, 5.41) is 1.93. The van der Waals surface area contributed by atoms with Gasteiger partial charge >= 0.3 is 0 Å². The van der Waals surface area contributed by atoms with Gasteiger partial charge in [0.05, 0.1) is 17.0 Å². The molecular weight excluding hydrogens is 268 g/mol. The average Bonchev–Trinajstić information content (AvgIpc) is 2.76. The number of rotatable bonds is 3. The van der Waals surface area contributed by atoms with Gasteiger partial charge in [-0.3, -0.25) is 4.79 Å². The quantitative estimate of drug-likeness (QED) is 0.633. The molecule has 0 spiro atoms. The number of benzene rings is 1. The van der Waals surface area contributed by atoms with Gasteiger partial charge in [-0.25, -0.2) is 13.8 Å². The lowest BCUT2D eigenvalue weighted by atomic mass is 10.1. The van der Waals surface area contributed by atoms with Crippen molar-refractivity contribution >= 4 is 28.7 Å². The summed E-state index contributed by atoms with van der Waals surface area (Å²) >= 11 is 6.68. The van der Waals surface area contributed by atoms with Crippen LogP contribution in [0, 0.1) is 11.6 Å². The van der Waals surface area contributed by atoms with Gasteiger partial charge in [0.15, 0.2) is 5.78 Å². The lowest BCUT2D eigenvalue weighted by molar-refractivity contribution is 0.0988. The first kappa shape index (κ1) is 12.1. The third-order valence-corrected chi connectivity index (χ3v) is 3.17. The molecule has 0 aliphatic rings. The maximum Gasteiger partial charge on any atom is 0.172 e. The largest absolute Gasteiger partial charge is 0.294 e. The predicted octanol–water partition coefficient (Wildman–Crippen LogP) is 3.50. The molecule has 2 rings (SSSR count). The van der Waals surface area contributed by atoms with Crippen LogP contribution in [-0.2, 0) is 6.42 Å². The highest BCUT2D eigenvalue weighted by atomic mass is 35.5. The highest BCUT2D eigenvalue weighted by Crippen LogP contribution is 2.21. The Labute approximate surface area is 105 Å². The zero-order valence-electron chi connectivity index (χ0n) is 8.41. The molecule has 0 amide bonds. The number of nitrogens with zero attached hydrogens (tertiary/aromatic N) is 1. The van der Waals surface area contributed by atoms with Crippen LogP contribution in [0.3, 0.4) is 0 Å². The molecule has 17 heavy (non-hydrogen) atoms. The summed E-state index contributed by atoms with van der Waals surface area (Å²) in [6, 6.07) is 1.61. The van der Waals surface area contributed by atoms with Gasteiger partial charge in [0.2, 0.25) is 0 Å². The van der Waals surface area contributed by atoms with E-state index in [-0.39, 0.29) is 17.0 Å². The van der Waals surface area contributed by atoms with Crippen LogP contribution in [0.1, 0.15) is 15.4 Å². The van der Waals surface area contributed by atoms with Crippen molar-refractivity contribution in [2.75, 3.05) is 0 Å². The fourth-order valence-corrected chi connectivity index (χ4v) is 2.07. The van der Waals surface area contributed by atoms with Gasteiger partial charge in [0, 0.05) is 11.6 Å². The SMILES string of the molecule is O=C(Cc1nccs1)c1cc(F)c(Cl)cc1F. The molecule has 0 fully saturated rings. The third-order valence-electron chi connectivity index (χ3n) is 2.11. The van der Waals surface area contributed by atoms with E-state index in [1.54, 1.807) is 11.6 Å². The molecule has 0 saturated heterocycles. The van der Waals surface area contributed by atoms with E-state index in [1.807, 2.05) is 0 Å². The molecule has 2 nitrogen and oxygen atoms in total. The molecule has 0 aliphatic heterocycles. The maximum absolute atomic E-state index is 13.4. The Hall–Kier alpha value is -1.33. The summed E-state index contributed by atoms with van der Waals surface area (Å²) in [7, 11) is 0. The number of halogens is 3. The third kappa shape index (κ3) is 2.68. The van der Waals surface area contributed by atoms with Crippen LogP contribution in [-0.4, -0.2) is 10.8 Å². The monoisotopic (exact) mass is 273 g/mol. The van der Waals surface area contributed by atoms with Gasteiger partial charge < -0.3 is 0 Å². The number of carbonyl (C=O) groups excluding carboxylic acids is 1. The van der Waals surface area contributed by atoms with Crippen molar-refractivity contribution in [2.45, 2.75) is 6.42 Å². The molecule has 0 saturated carbocycles. The van der Waals surface area contributed by atoms with E-state index >= 15 is 0 Å². The second kappa shape index (κ2) is 4.89. The van der Waals surface area contributed by atoms with Crippen molar-refractivity contribution in [1.82, 2.24) is 4.98 Å². The first-order valence-electron chi connectivity index (χ1n) is 4.64. The summed E-state index contributed by atoms with van der Waals surface area (Å²) < 4.78 is 26.6. The molecular formula is C11H6ClF2NOS. The molecule has 0 N–H and O–H groups in total. The number of thiazole rings is 1. The Morgan fingerprint density at radius 1 is 1.35 bits per heavy atom. The highest BCUT2D eigenvalue weighted by molar-refractivity contribution is 7.09. The van der Waals surface area contributed by atoms with Crippen LogP contribution in [0.4, 0.5) is 8.78 Å². The van der Waals surface area contributed by atoms with Crippen LogP contribution >= 0.6 is 22.9 Å². The van der Waals surface area contributed by atoms with Crippen LogP contribution in [0.25, 0.3) is 0 Å². The standard InChI is InChI=1S/C11H6ClF2NOS/c12-7-4-8(13)6(3-9(7)14)10(16)5-11-15-1-2-17-11/h1-4H,5H2. The van der Waals surface area contributed by atoms with E-state index in [1.165, 1.54) is 11.3 Å². The van der Waals surface area contributed by atoms with Crippen molar-refractivity contribution in [1.29, 1.82) is 0 Å². The van der Waals surface area contributed by atoms with Crippen molar-refractivity contribution in [3.8, 4) is 0 Å². The summed E-state index contributed by atoms with van der Waals surface area (Å²) in [6.45, 7) is 0. The number of hydrogen-bond acceptors (Lipinski definition) is 3. The Morgan fingerprint density at radius 3 is 2.76 bits per heavy atom. The van der Waals surface area contributed by atoms with Crippen molar-refractivity contribution in [3.05, 3.63) is 50.9 Å².